The molecule has 0 aliphatic heterocycles. The van der Waals surface area contributed by atoms with Crippen molar-refractivity contribution < 1.29 is 13.2 Å². The number of fused-ring (bicyclic) bond motifs is 1. The first kappa shape index (κ1) is 15.3. The van der Waals surface area contributed by atoms with Gasteiger partial charge in [-0.25, -0.2) is 9.97 Å². The molecule has 23 heavy (non-hydrogen) atoms. The average molecular weight is 338 g/mol. The van der Waals surface area contributed by atoms with E-state index >= 15 is 0 Å². The standard InChI is InChI=1S/C13H9F3N6S/c14-13(15,16)6-2-1-3-7(4-6)23-8-5-19-11-9(20-8)10(17)21-12(18)22-11/h1-5H,(H4,17,18,19,21,22). The van der Waals surface area contributed by atoms with E-state index in [2.05, 4.69) is 19.9 Å². The molecule has 1 aromatic carbocycles. The molecule has 10 heteroatoms. The van der Waals surface area contributed by atoms with Gasteiger partial charge in [-0.1, -0.05) is 17.8 Å². The minimum Gasteiger partial charge on any atom is -0.382 e. The molecule has 118 valence electrons. The van der Waals surface area contributed by atoms with E-state index in [1.807, 2.05) is 0 Å². The summed E-state index contributed by atoms with van der Waals surface area (Å²) in [4.78, 5) is 16.3. The fourth-order valence-electron chi connectivity index (χ4n) is 1.84. The highest BCUT2D eigenvalue weighted by molar-refractivity contribution is 7.99. The number of alkyl halides is 3. The van der Waals surface area contributed by atoms with E-state index in [0.29, 0.717) is 9.92 Å². The molecule has 0 saturated carbocycles. The molecule has 0 radical (unpaired) electrons. The van der Waals surface area contributed by atoms with Gasteiger partial charge in [0.25, 0.3) is 0 Å². The molecule has 0 bridgehead atoms. The topological polar surface area (TPSA) is 104 Å². The van der Waals surface area contributed by atoms with Crippen LogP contribution in [0, 0.1) is 0 Å². The van der Waals surface area contributed by atoms with Gasteiger partial charge in [-0.3, -0.25) is 0 Å². The second kappa shape index (κ2) is 5.54. The van der Waals surface area contributed by atoms with Gasteiger partial charge in [0, 0.05) is 4.90 Å². The van der Waals surface area contributed by atoms with Gasteiger partial charge >= 0.3 is 6.18 Å². The van der Waals surface area contributed by atoms with Gasteiger partial charge in [0.1, 0.15) is 5.03 Å². The number of nitrogens with zero attached hydrogens (tertiary/aromatic N) is 4. The number of nitrogen functional groups attached to an aromatic ring is 2. The summed E-state index contributed by atoms with van der Waals surface area (Å²) in [5.41, 5.74) is 10.9. The van der Waals surface area contributed by atoms with Gasteiger partial charge < -0.3 is 11.5 Å². The van der Waals surface area contributed by atoms with Crippen LogP contribution in [0.4, 0.5) is 24.9 Å². The maximum Gasteiger partial charge on any atom is 0.416 e. The SMILES string of the molecule is Nc1nc(N)c2nc(Sc3cccc(C(F)(F)F)c3)cnc2n1. The maximum atomic E-state index is 12.7. The van der Waals surface area contributed by atoms with Gasteiger partial charge in [-0.05, 0) is 18.2 Å². The summed E-state index contributed by atoms with van der Waals surface area (Å²) >= 11 is 1.03. The van der Waals surface area contributed by atoms with E-state index in [0.717, 1.165) is 23.9 Å². The van der Waals surface area contributed by atoms with Crippen LogP contribution < -0.4 is 11.5 Å². The van der Waals surface area contributed by atoms with Crippen LogP contribution in [0.3, 0.4) is 0 Å². The third-order valence-corrected chi connectivity index (χ3v) is 3.71. The number of halogens is 3. The van der Waals surface area contributed by atoms with Crippen molar-refractivity contribution in [3.63, 3.8) is 0 Å². The fraction of sp³-hybridized carbons (Fsp3) is 0.0769. The molecule has 0 unspecified atom stereocenters. The van der Waals surface area contributed by atoms with Crippen LogP contribution in [-0.2, 0) is 6.18 Å². The smallest absolute Gasteiger partial charge is 0.382 e. The first-order chi connectivity index (χ1) is 10.8. The quantitative estimate of drug-likeness (QED) is 0.740. The van der Waals surface area contributed by atoms with Crippen LogP contribution in [0.1, 0.15) is 5.56 Å². The van der Waals surface area contributed by atoms with Crippen LogP contribution in [0.15, 0.2) is 40.4 Å². The highest BCUT2D eigenvalue weighted by atomic mass is 32.2. The highest BCUT2D eigenvalue weighted by Crippen LogP contribution is 2.34. The lowest BCUT2D eigenvalue weighted by Gasteiger charge is -2.08. The van der Waals surface area contributed by atoms with E-state index in [-0.39, 0.29) is 22.9 Å². The normalized spacial score (nSPS) is 11.8. The van der Waals surface area contributed by atoms with Crippen LogP contribution in [0.25, 0.3) is 11.2 Å². The lowest BCUT2D eigenvalue weighted by molar-refractivity contribution is -0.137. The van der Waals surface area contributed by atoms with Gasteiger partial charge in [0.2, 0.25) is 5.95 Å². The van der Waals surface area contributed by atoms with Crippen molar-refractivity contribution in [3.8, 4) is 0 Å². The van der Waals surface area contributed by atoms with Crippen LogP contribution in [0.5, 0.6) is 0 Å². The Hall–Kier alpha value is -2.62. The number of hydrogen-bond acceptors (Lipinski definition) is 7. The number of hydrogen-bond donors (Lipinski definition) is 2. The molecular formula is C13H9F3N6S. The summed E-state index contributed by atoms with van der Waals surface area (Å²) in [6.45, 7) is 0. The minimum absolute atomic E-state index is 0.0254. The van der Waals surface area contributed by atoms with E-state index in [1.54, 1.807) is 6.07 Å². The number of anilines is 2. The van der Waals surface area contributed by atoms with Crippen LogP contribution in [-0.4, -0.2) is 19.9 Å². The van der Waals surface area contributed by atoms with Crippen LogP contribution >= 0.6 is 11.8 Å². The number of rotatable bonds is 2. The van der Waals surface area contributed by atoms with E-state index in [1.165, 1.54) is 12.3 Å². The summed E-state index contributed by atoms with van der Waals surface area (Å²) in [6.07, 6.45) is -3.01. The van der Waals surface area contributed by atoms with Gasteiger partial charge in [-0.15, -0.1) is 0 Å². The maximum absolute atomic E-state index is 12.7. The van der Waals surface area contributed by atoms with Gasteiger partial charge in [0.15, 0.2) is 17.0 Å². The molecular weight excluding hydrogens is 329 g/mol. The second-order valence-corrected chi connectivity index (χ2v) is 5.57. The molecule has 0 aliphatic rings. The third kappa shape index (κ3) is 3.26. The van der Waals surface area contributed by atoms with Crippen molar-refractivity contribution in [2.45, 2.75) is 16.1 Å². The predicted molar refractivity (Wildman–Crippen MR) is 79.5 cm³/mol. The molecule has 0 atom stereocenters. The molecule has 6 nitrogen and oxygen atoms in total. The Morgan fingerprint density at radius 1 is 1.04 bits per heavy atom. The fourth-order valence-corrected chi connectivity index (χ4v) is 2.65. The Morgan fingerprint density at radius 3 is 2.57 bits per heavy atom. The largest absolute Gasteiger partial charge is 0.416 e. The molecule has 0 saturated heterocycles. The zero-order valence-corrected chi connectivity index (χ0v) is 12.2. The predicted octanol–water partition coefficient (Wildman–Crippen LogP) is 2.75. The molecule has 2 heterocycles. The number of benzene rings is 1. The Morgan fingerprint density at radius 2 is 1.83 bits per heavy atom. The Bertz CT molecular complexity index is 883. The van der Waals surface area contributed by atoms with E-state index in [9.17, 15) is 13.2 Å². The summed E-state index contributed by atoms with van der Waals surface area (Å²) in [5.74, 6) is 0.0362. The van der Waals surface area contributed by atoms with Crippen LogP contribution in [0.2, 0.25) is 0 Å². The summed E-state index contributed by atoms with van der Waals surface area (Å²) < 4.78 is 38.2. The number of aromatic nitrogens is 4. The third-order valence-electron chi connectivity index (χ3n) is 2.81. The second-order valence-electron chi connectivity index (χ2n) is 4.48. The minimum atomic E-state index is -4.40. The monoisotopic (exact) mass is 338 g/mol. The summed E-state index contributed by atoms with van der Waals surface area (Å²) in [7, 11) is 0. The van der Waals surface area contributed by atoms with Crippen molar-refractivity contribution in [2.75, 3.05) is 11.5 Å². The van der Waals surface area contributed by atoms with Crippen molar-refractivity contribution in [2.24, 2.45) is 0 Å². The van der Waals surface area contributed by atoms with Gasteiger partial charge in [-0.2, -0.15) is 23.1 Å². The first-order valence-corrected chi connectivity index (χ1v) is 7.05. The molecule has 3 rings (SSSR count). The highest BCUT2D eigenvalue weighted by Gasteiger charge is 2.30. The average Bonchev–Trinajstić information content (AvgIpc) is 2.47. The lowest BCUT2D eigenvalue weighted by atomic mass is 10.2. The molecule has 0 spiro atoms. The summed E-state index contributed by atoms with van der Waals surface area (Å²) in [6, 6.07) is 4.93. The molecule has 3 aromatic rings. The van der Waals surface area contributed by atoms with Crippen molar-refractivity contribution in [1.82, 2.24) is 19.9 Å². The van der Waals surface area contributed by atoms with Crippen molar-refractivity contribution >= 4 is 34.7 Å². The molecule has 0 aliphatic carbocycles. The molecule has 0 amide bonds. The molecule has 0 fully saturated rings. The zero-order chi connectivity index (χ0) is 16.6. The Kier molecular flexibility index (Phi) is 3.68. The Labute approximate surface area is 132 Å². The van der Waals surface area contributed by atoms with E-state index < -0.39 is 11.7 Å². The first-order valence-electron chi connectivity index (χ1n) is 6.24. The van der Waals surface area contributed by atoms with Crippen molar-refractivity contribution in [3.05, 3.63) is 36.0 Å². The van der Waals surface area contributed by atoms with E-state index in [4.69, 9.17) is 11.5 Å². The molecule has 4 N–H and O–H groups in total. The Balaban J connectivity index is 1.96. The van der Waals surface area contributed by atoms with Gasteiger partial charge in [0.05, 0.1) is 11.8 Å². The molecule has 2 aromatic heterocycles. The van der Waals surface area contributed by atoms with Crippen molar-refractivity contribution in [1.29, 1.82) is 0 Å². The lowest BCUT2D eigenvalue weighted by Crippen LogP contribution is -2.04. The zero-order valence-electron chi connectivity index (χ0n) is 11.4. The summed E-state index contributed by atoms with van der Waals surface area (Å²) in [5, 5.41) is 0.372. The number of nitrogens with two attached hydrogens (primary N) is 2.